The monoisotopic (exact) mass is 262 g/mol. The Labute approximate surface area is 124 Å². The second-order valence-corrected chi connectivity index (χ2v) is 6.71. The summed E-state index contributed by atoms with van der Waals surface area (Å²) >= 11 is 4.50. The van der Waals surface area contributed by atoms with Gasteiger partial charge in [-0.15, -0.1) is 0 Å². The molecular formula is C9H23NaO3SSi. The van der Waals surface area contributed by atoms with Crippen LogP contribution in [0, 0.1) is 0 Å². The van der Waals surface area contributed by atoms with E-state index in [-0.39, 0.29) is 35.9 Å². The molecule has 0 spiro atoms. The van der Waals surface area contributed by atoms with Gasteiger partial charge in [0.25, 0.3) is 0 Å². The van der Waals surface area contributed by atoms with Gasteiger partial charge in [-0.2, -0.15) is 12.6 Å². The molecule has 0 aromatic rings. The summed E-state index contributed by atoms with van der Waals surface area (Å²) in [5.41, 5.74) is 0. The van der Waals surface area contributed by atoms with E-state index < -0.39 is 8.80 Å². The summed E-state index contributed by atoms with van der Waals surface area (Å²) in [6.07, 6.45) is 0.898. The zero-order valence-electron chi connectivity index (χ0n) is 11.6. The molecule has 88 valence electrons. The van der Waals surface area contributed by atoms with Crippen molar-refractivity contribution in [1.82, 2.24) is 0 Å². The molecule has 6 heteroatoms. The third-order valence-corrected chi connectivity index (χ3v) is 6.44. The Morgan fingerprint density at radius 2 is 1.33 bits per heavy atom. The molecular weight excluding hydrogens is 239 g/mol. The predicted octanol–water partition coefficient (Wildman–Crippen LogP) is -0.601. The van der Waals surface area contributed by atoms with Crippen molar-refractivity contribution < 1.29 is 44.3 Å². The van der Waals surface area contributed by atoms with Crippen LogP contribution in [0.25, 0.3) is 0 Å². The maximum absolute atomic E-state index is 5.68. The molecule has 0 aliphatic rings. The fourth-order valence-corrected chi connectivity index (χ4v) is 4.47. The summed E-state index contributed by atoms with van der Waals surface area (Å²) in [4.78, 5) is 0.0716. The first-order valence-corrected chi connectivity index (χ1v) is 7.58. The molecule has 0 radical (unpaired) electrons. The minimum Gasteiger partial charge on any atom is -1.00 e. The standard InChI is InChI=1S/C9H22O3SSi.Na.H/c1-5-9(13)14(10-6-2,11-7-3)12-8-4;;/h9,13H,5-8H2,1-4H3;;/q;+1;-1. The zero-order valence-corrected chi connectivity index (χ0v) is 14.5. The Morgan fingerprint density at radius 3 is 1.53 bits per heavy atom. The van der Waals surface area contributed by atoms with Gasteiger partial charge in [-0.05, 0) is 27.2 Å². The van der Waals surface area contributed by atoms with E-state index in [1.807, 2.05) is 20.8 Å². The van der Waals surface area contributed by atoms with Crippen LogP contribution in [0.15, 0.2) is 0 Å². The van der Waals surface area contributed by atoms with Gasteiger partial charge in [-0.3, -0.25) is 0 Å². The van der Waals surface area contributed by atoms with E-state index in [0.29, 0.717) is 19.8 Å². The summed E-state index contributed by atoms with van der Waals surface area (Å²) in [5.74, 6) is 0. The third kappa shape index (κ3) is 6.07. The smallest absolute Gasteiger partial charge is 1.00 e. The molecule has 0 N–H and O–H groups in total. The van der Waals surface area contributed by atoms with E-state index in [9.17, 15) is 0 Å². The van der Waals surface area contributed by atoms with Crippen LogP contribution in [0.3, 0.4) is 0 Å². The maximum Gasteiger partial charge on any atom is 1.00 e. The van der Waals surface area contributed by atoms with Crippen LogP contribution in [0.2, 0.25) is 0 Å². The molecule has 0 bridgehead atoms. The second kappa shape index (κ2) is 10.6. The van der Waals surface area contributed by atoms with Crippen molar-refractivity contribution in [3.63, 3.8) is 0 Å². The molecule has 3 nitrogen and oxygen atoms in total. The van der Waals surface area contributed by atoms with Gasteiger partial charge in [0.1, 0.15) is 0 Å². The molecule has 0 aliphatic carbocycles. The molecule has 0 amide bonds. The maximum atomic E-state index is 5.68. The summed E-state index contributed by atoms with van der Waals surface area (Å²) < 4.78 is 17.0. The van der Waals surface area contributed by atoms with Crippen molar-refractivity contribution in [3.05, 3.63) is 0 Å². The van der Waals surface area contributed by atoms with Gasteiger partial charge >= 0.3 is 38.4 Å². The van der Waals surface area contributed by atoms with Gasteiger partial charge in [0.05, 0.1) is 4.87 Å². The van der Waals surface area contributed by atoms with Crippen molar-refractivity contribution in [2.24, 2.45) is 0 Å². The van der Waals surface area contributed by atoms with Gasteiger partial charge in [0.2, 0.25) is 0 Å². The quantitative estimate of drug-likeness (QED) is 0.468. The molecule has 0 saturated heterocycles. The van der Waals surface area contributed by atoms with Crippen molar-refractivity contribution in [3.8, 4) is 0 Å². The van der Waals surface area contributed by atoms with E-state index in [4.69, 9.17) is 13.3 Å². The van der Waals surface area contributed by atoms with Crippen molar-refractivity contribution >= 4 is 21.4 Å². The summed E-state index contributed by atoms with van der Waals surface area (Å²) in [6, 6.07) is 0. The van der Waals surface area contributed by atoms with E-state index in [0.717, 1.165) is 6.42 Å². The van der Waals surface area contributed by atoms with Crippen LogP contribution in [0.5, 0.6) is 0 Å². The fraction of sp³-hybridized carbons (Fsp3) is 1.00. The predicted molar refractivity (Wildman–Crippen MR) is 64.8 cm³/mol. The fourth-order valence-electron chi connectivity index (χ4n) is 1.27. The minimum atomic E-state index is -2.53. The number of thiol groups is 1. The van der Waals surface area contributed by atoms with E-state index in [2.05, 4.69) is 19.6 Å². The van der Waals surface area contributed by atoms with Crippen LogP contribution in [-0.4, -0.2) is 33.5 Å². The van der Waals surface area contributed by atoms with Crippen LogP contribution in [-0.2, 0) is 13.3 Å². The van der Waals surface area contributed by atoms with Crippen molar-refractivity contribution in [2.75, 3.05) is 19.8 Å². The average molecular weight is 262 g/mol. The minimum absolute atomic E-state index is 0. The number of hydrogen-bond donors (Lipinski definition) is 1. The van der Waals surface area contributed by atoms with Gasteiger partial charge < -0.3 is 14.7 Å². The molecule has 0 aromatic heterocycles. The Kier molecular flexibility index (Phi) is 13.3. The van der Waals surface area contributed by atoms with Crippen molar-refractivity contribution in [2.45, 2.75) is 39.0 Å². The number of hydrogen-bond acceptors (Lipinski definition) is 4. The van der Waals surface area contributed by atoms with Gasteiger partial charge in [-0.1, -0.05) is 6.92 Å². The van der Waals surface area contributed by atoms with Crippen LogP contribution in [0.1, 0.15) is 35.5 Å². The van der Waals surface area contributed by atoms with Gasteiger partial charge in [0.15, 0.2) is 0 Å². The topological polar surface area (TPSA) is 27.7 Å². The SMILES string of the molecule is CCO[Si](OCC)(OCC)C(S)CC.[H-].[Na+]. The summed E-state index contributed by atoms with van der Waals surface area (Å²) in [7, 11) is -2.53. The average Bonchev–Trinajstić information content (AvgIpc) is 2.17. The molecule has 0 aliphatic heterocycles. The van der Waals surface area contributed by atoms with Crippen LogP contribution >= 0.6 is 12.6 Å². The van der Waals surface area contributed by atoms with E-state index in [1.165, 1.54) is 0 Å². The first-order valence-electron chi connectivity index (χ1n) is 5.26. The second-order valence-electron chi connectivity index (χ2n) is 2.83. The summed E-state index contributed by atoms with van der Waals surface area (Å²) in [6.45, 7) is 9.77. The van der Waals surface area contributed by atoms with Gasteiger partial charge in [0, 0.05) is 19.8 Å². The Bertz CT molecular complexity index is 140. The Balaban J connectivity index is -0.000000845. The molecule has 0 heterocycles. The zero-order chi connectivity index (χ0) is 11.0. The first kappa shape index (κ1) is 18.8. The van der Waals surface area contributed by atoms with E-state index >= 15 is 0 Å². The largest absolute Gasteiger partial charge is 1.00 e. The van der Waals surface area contributed by atoms with E-state index in [1.54, 1.807) is 0 Å². The molecule has 1 atom stereocenters. The van der Waals surface area contributed by atoms with Crippen LogP contribution in [0.4, 0.5) is 0 Å². The molecule has 0 aromatic carbocycles. The van der Waals surface area contributed by atoms with Crippen LogP contribution < -0.4 is 29.6 Å². The molecule has 1 unspecified atom stereocenters. The number of rotatable bonds is 8. The molecule has 0 rings (SSSR count). The molecule has 15 heavy (non-hydrogen) atoms. The molecule has 0 saturated carbocycles. The van der Waals surface area contributed by atoms with Crippen molar-refractivity contribution in [1.29, 1.82) is 0 Å². The summed E-state index contributed by atoms with van der Waals surface area (Å²) in [5, 5.41) is 0. The Morgan fingerprint density at radius 1 is 1.00 bits per heavy atom. The molecule has 0 fully saturated rings. The normalized spacial score (nSPS) is 13.4. The first-order chi connectivity index (χ1) is 6.66. The third-order valence-electron chi connectivity index (χ3n) is 1.83. The van der Waals surface area contributed by atoms with Gasteiger partial charge in [-0.25, -0.2) is 0 Å². The Hall–Kier alpha value is 1.45.